The molecule has 2 N–H and O–H groups in total. The lowest BCUT2D eigenvalue weighted by atomic mass is 9.96. The summed E-state index contributed by atoms with van der Waals surface area (Å²) in [7, 11) is 1.74. The van der Waals surface area contributed by atoms with Gasteiger partial charge in [-0.3, -0.25) is 14.6 Å². The largest absolute Gasteiger partial charge is 0.360 e. The number of pyridine rings is 2. The van der Waals surface area contributed by atoms with Gasteiger partial charge < -0.3 is 14.9 Å². The SMILES string of the molecule is Cc1ccc(-c2cc(C(=O)N(C)Cc3c(C)cc(C)[nH]c3=O)c3[nH]cc(C(C)C)c3c2)cn1. The van der Waals surface area contributed by atoms with Crippen LogP contribution in [0.1, 0.15) is 58.2 Å². The maximum atomic E-state index is 13.6. The maximum Gasteiger partial charge on any atom is 0.256 e. The van der Waals surface area contributed by atoms with Crippen molar-refractivity contribution in [2.45, 2.75) is 47.1 Å². The molecule has 0 radical (unpaired) electrons. The van der Waals surface area contributed by atoms with Crippen LogP contribution in [0, 0.1) is 20.8 Å². The molecule has 0 saturated heterocycles. The van der Waals surface area contributed by atoms with Crippen molar-refractivity contribution in [3.05, 3.63) is 86.7 Å². The fraction of sp³-hybridized carbons (Fsp3) is 0.296. The summed E-state index contributed by atoms with van der Waals surface area (Å²) in [5.74, 6) is 0.165. The molecule has 0 aliphatic rings. The molecule has 4 aromatic rings. The van der Waals surface area contributed by atoms with Crippen LogP contribution in [0.15, 0.2) is 47.5 Å². The highest BCUT2D eigenvalue weighted by atomic mass is 16.2. The van der Waals surface area contributed by atoms with Gasteiger partial charge in [-0.15, -0.1) is 0 Å². The molecule has 3 aromatic heterocycles. The number of carbonyl (C=O) groups excluding carboxylic acids is 1. The number of carbonyl (C=O) groups is 1. The second-order valence-corrected chi connectivity index (χ2v) is 9.14. The Morgan fingerprint density at radius 3 is 2.48 bits per heavy atom. The zero-order valence-electron chi connectivity index (χ0n) is 20.0. The molecule has 170 valence electrons. The van der Waals surface area contributed by atoms with Gasteiger partial charge in [0, 0.05) is 47.3 Å². The van der Waals surface area contributed by atoms with Crippen LogP contribution in [0.4, 0.5) is 0 Å². The van der Waals surface area contributed by atoms with Crippen LogP contribution in [-0.4, -0.2) is 32.8 Å². The fourth-order valence-corrected chi connectivity index (χ4v) is 4.30. The third-order valence-electron chi connectivity index (χ3n) is 6.15. The first-order valence-corrected chi connectivity index (χ1v) is 11.2. The number of rotatable bonds is 5. The molecule has 0 bridgehead atoms. The third kappa shape index (κ3) is 4.33. The number of H-pyrrole nitrogens is 2. The van der Waals surface area contributed by atoms with Gasteiger partial charge in [-0.25, -0.2) is 0 Å². The first-order valence-electron chi connectivity index (χ1n) is 11.2. The van der Waals surface area contributed by atoms with Gasteiger partial charge in [0.2, 0.25) is 0 Å². The molecule has 6 heteroatoms. The minimum Gasteiger partial charge on any atom is -0.360 e. The number of benzene rings is 1. The van der Waals surface area contributed by atoms with Crippen molar-refractivity contribution in [1.29, 1.82) is 0 Å². The average molecular weight is 443 g/mol. The molecule has 4 rings (SSSR count). The molecular weight excluding hydrogens is 412 g/mol. The number of amides is 1. The number of hydrogen-bond acceptors (Lipinski definition) is 3. The van der Waals surface area contributed by atoms with Crippen LogP contribution < -0.4 is 5.56 Å². The van der Waals surface area contributed by atoms with Crippen molar-refractivity contribution in [3.63, 3.8) is 0 Å². The number of aromatic nitrogens is 3. The summed E-state index contributed by atoms with van der Waals surface area (Å²) in [6.07, 6.45) is 3.82. The van der Waals surface area contributed by atoms with Crippen molar-refractivity contribution in [2.75, 3.05) is 7.05 Å². The van der Waals surface area contributed by atoms with Crippen LogP contribution in [0.25, 0.3) is 22.0 Å². The highest BCUT2D eigenvalue weighted by Crippen LogP contribution is 2.33. The van der Waals surface area contributed by atoms with Gasteiger partial charge in [0.1, 0.15) is 0 Å². The minimum absolute atomic E-state index is 0.140. The topological polar surface area (TPSA) is 81.9 Å². The molecular formula is C27H30N4O2. The molecule has 0 aliphatic carbocycles. The van der Waals surface area contributed by atoms with Crippen LogP contribution in [-0.2, 0) is 6.54 Å². The number of aryl methyl sites for hydroxylation is 3. The number of hydrogen-bond donors (Lipinski definition) is 2. The first kappa shape index (κ1) is 22.5. The predicted octanol–water partition coefficient (Wildman–Crippen LogP) is 5.24. The van der Waals surface area contributed by atoms with Gasteiger partial charge in [-0.1, -0.05) is 19.9 Å². The van der Waals surface area contributed by atoms with E-state index < -0.39 is 0 Å². The molecule has 0 saturated carbocycles. The number of aromatic amines is 2. The van der Waals surface area contributed by atoms with Gasteiger partial charge in [-0.05, 0) is 67.6 Å². The molecule has 0 aliphatic heterocycles. The van der Waals surface area contributed by atoms with E-state index in [1.807, 2.05) is 57.4 Å². The highest BCUT2D eigenvalue weighted by molar-refractivity contribution is 6.08. The van der Waals surface area contributed by atoms with Gasteiger partial charge >= 0.3 is 0 Å². The predicted molar refractivity (Wildman–Crippen MR) is 133 cm³/mol. The van der Waals surface area contributed by atoms with E-state index >= 15 is 0 Å². The van der Waals surface area contributed by atoms with E-state index in [-0.39, 0.29) is 18.0 Å². The van der Waals surface area contributed by atoms with E-state index in [1.165, 1.54) is 0 Å². The normalized spacial score (nSPS) is 11.4. The lowest BCUT2D eigenvalue weighted by Crippen LogP contribution is -2.30. The van der Waals surface area contributed by atoms with Gasteiger partial charge in [0.25, 0.3) is 11.5 Å². The van der Waals surface area contributed by atoms with Crippen LogP contribution in [0.2, 0.25) is 0 Å². The zero-order chi connectivity index (χ0) is 23.9. The monoisotopic (exact) mass is 442 g/mol. The van der Waals surface area contributed by atoms with Crippen molar-refractivity contribution < 1.29 is 4.79 Å². The van der Waals surface area contributed by atoms with Gasteiger partial charge in [-0.2, -0.15) is 0 Å². The molecule has 33 heavy (non-hydrogen) atoms. The Bertz CT molecular complexity index is 1390. The van der Waals surface area contributed by atoms with E-state index in [2.05, 4.69) is 34.9 Å². The van der Waals surface area contributed by atoms with Crippen molar-refractivity contribution >= 4 is 16.8 Å². The Balaban J connectivity index is 1.81. The smallest absolute Gasteiger partial charge is 0.256 e. The quantitative estimate of drug-likeness (QED) is 0.443. The lowest BCUT2D eigenvalue weighted by Gasteiger charge is -2.19. The molecule has 1 amide bonds. The molecule has 1 aromatic carbocycles. The zero-order valence-corrected chi connectivity index (χ0v) is 20.0. The molecule has 0 fully saturated rings. The highest BCUT2D eigenvalue weighted by Gasteiger charge is 2.21. The minimum atomic E-state index is -0.154. The van der Waals surface area contributed by atoms with Gasteiger partial charge in [0.15, 0.2) is 0 Å². The first-order chi connectivity index (χ1) is 15.7. The van der Waals surface area contributed by atoms with Crippen molar-refractivity contribution in [2.24, 2.45) is 0 Å². The van der Waals surface area contributed by atoms with Crippen LogP contribution in [0.3, 0.4) is 0 Å². The van der Waals surface area contributed by atoms with E-state index in [4.69, 9.17) is 0 Å². The standard InChI is InChI=1S/C27H30N4O2/c1-15(2)23-13-29-25-21(23)10-20(19-8-7-17(4)28-12-19)11-22(25)27(33)31(6)14-24-16(3)9-18(5)30-26(24)32/h7-13,15,29H,14H2,1-6H3,(H,30,32). The van der Waals surface area contributed by atoms with Crippen molar-refractivity contribution in [3.8, 4) is 11.1 Å². The Hall–Kier alpha value is -3.67. The Labute approximate surface area is 193 Å². The summed E-state index contributed by atoms with van der Waals surface area (Å²) in [6.45, 7) is 10.2. The molecule has 0 unspecified atom stereocenters. The van der Waals surface area contributed by atoms with E-state index in [1.54, 1.807) is 11.9 Å². The second kappa shape index (κ2) is 8.70. The lowest BCUT2D eigenvalue weighted by molar-refractivity contribution is 0.0786. The summed E-state index contributed by atoms with van der Waals surface area (Å²) < 4.78 is 0. The van der Waals surface area contributed by atoms with Gasteiger partial charge in [0.05, 0.1) is 17.6 Å². The summed E-state index contributed by atoms with van der Waals surface area (Å²) in [5, 5.41) is 1.03. The fourth-order valence-electron chi connectivity index (χ4n) is 4.30. The van der Waals surface area contributed by atoms with Crippen molar-refractivity contribution in [1.82, 2.24) is 19.9 Å². The third-order valence-corrected chi connectivity index (χ3v) is 6.15. The number of fused-ring (bicyclic) bond motifs is 1. The molecule has 6 nitrogen and oxygen atoms in total. The van der Waals surface area contributed by atoms with E-state index in [0.29, 0.717) is 17.0 Å². The molecule has 0 spiro atoms. The summed E-state index contributed by atoms with van der Waals surface area (Å²) in [5.41, 5.74) is 7.53. The van der Waals surface area contributed by atoms with Crippen LogP contribution in [0.5, 0.6) is 0 Å². The van der Waals surface area contributed by atoms with Crippen LogP contribution >= 0.6 is 0 Å². The summed E-state index contributed by atoms with van der Waals surface area (Å²) in [6, 6.07) is 9.97. The summed E-state index contributed by atoms with van der Waals surface area (Å²) >= 11 is 0. The maximum absolute atomic E-state index is 13.6. The summed E-state index contributed by atoms with van der Waals surface area (Å²) in [4.78, 5) is 38.4. The Morgan fingerprint density at radius 1 is 1.09 bits per heavy atom. The second-order valence-electron chi connectivity index (χ2n) is 9.14. The number of nitrogens with one attached hydrogen (secondary N) is 2. The Morgan fingerprint density at radius 2 is 1.85 bits per heavy atom. The molecule has 0 atom stereocenters. The number of nitrogens with zero attached hydrogens (tertiary/aromatic N) is 2. The average Bonchev–Trinajstić information content (AvgIpc) is 3.19. The van der Waals surface area contributed by atoms with E-state index in [0.717, 1.165) is 44.5 Å². The Kier molecular flexibility index (Phi) is 5.93. The van der Waals surface area contributed by atoms with E-state index in [9.17, 15) is 9.59 Å². The molecule has 3 heterocycles.